The molecule has 2 aliphatic rings. The van der Waals surface area contributed by atoms with Crippen molar-refractivity contribution in [3.8, 4) is 0 Å². The average Bonchev–Trinajstić information content (AvgIpc) is 2.99. The van der Waals surface area contributed by atoms with Gasteiger partial charge in [-0.15, -0.1) is 0 Å². The van der Waals surface area contributed by atoms with Crippen LogP contribution in [0.5, 0.6) is 0 Å². The molecule has 0 spiro atoms. The summed E-state index contributed by atoms with van der Waals surface area (Å²) in [4.78, 5) is 24.3. The Morgan fingerprint density at radius 2 is 1.60 bits per heavy atom. The van der Waals surface area contributed by atoms with Crippen LogP contribution in [0.3, 0.4) is 0 Å². The summed E-state index contributed by atoms with van der Waals surface area (Å²) in [6.07, 6.45) is 9.87. The molecule has 2 fully saturated rings. The molecule has 0 heterocycles. The fraction of sp³-hybridized carbons (Fsp3) is 0.875. The Balaban J connectivity index is 2.24. The Bertz CT molecular complexity index is 353. The molecule has 114 valence electrons. The molecule has 1 N–H and O–H groups in total. The molecule has 0 aromatic carbocycles. The summed E-state index contributed by atoms with van der Waals surface area (Å²) in [5, 5.41) is 9.82. The van der Waals surface area contributed by atoms with Crippen molar-refractivity contribution < 1.29 is 19.4 Å². The molecule has 2 saturated carbocycles. The Morgan fingerprint density at radius 3 is 2.10 bits per heavy atom. The summed E-state index contributed by atoms with van der Waals surface area (Å²) >= 11 is 0. The van der Waals surface area contributed by atoms with E-state index < -0.39 is 17.4 Å². The van der Waals surface area contributed by atoms with Gasteiger partial charge in [0.15, 0.2) is 5.41 Å². The van der Waals surface area contributed by atoms with E-state index in [2.05, 4.69) is 0 Å². The molecular formula is C16H26O4. The SMILES string of the molecule is COC(=O)C(CC1CCCCC1)(C(=O)O)C1CCCC1. The van der Waals surface area contributed by atoms with Crippen molar-refractivity contribution in [1.82, 2.24) is 0 Å². The van der Waals surface area contributed by atoms with Crippen molar-refractivity contribution in [3.63, 3.8) is 0 Å². The first-order valence-electron chi connectivity index (χ1n) is 7.93. The molecule has 2 rings (SSSR count). The largest absolute Gasteiger partial charge is 0.480 e. The van der Waals surface area contributed by atoms with Crippen molar-refractivity contribution in [2.45, 2.75) is 64.2 Å². The van der Waals surface area contributed by atoms with Gasteiger partial charge in [-0.3, -0.25) is 9.59 Å². The van der Waals surface area contributed by atoms with Gasteiger partial charge in [0.2, 0.25) is 0 Å². The molecule has 4 nitrogen and oxygen atoms in total. The van der Waals surface area contributed by atoms with Gasteiger partial charge in [-0.25, -0.2) is 0 Å². The Kier molecular flexibility index (Phi) is 5.06. The van der Waals surface area contributed by atoms with Crippen LogP contribution in [0.15, 0.2) is 0 Å². The molecule has 20 heavy (non-hydrogen) atoms. The third-order valence-electron chi connectivity index (χ3n) is 5.32. The average molecular weight is 282 g/mol. The number of ether oxygens (including phenoxy) is 1. The van der Waals surface area contributed by atoms with Gasteiger partial charge < -0.3 is 9.84 Å². The Morgan fingerprint density at radius 1 is 1.05 bits per heavy atom. The fourth-order valence-corrected chi connectivity index (χ4v) is 4.21. The quantitative estimate of drug-likeness (QED) is 0.620. The lowest BCUT2D eigenvalue weighted by Crippen LogP contribution is -2.47. The third kappa shape index (κ3) is 2.84. The van der Waals surface area contributed by atoms with Gasteiger partial charge in [0.05, 0.1) is 7.11 Å². The minimum atomic E-state index is -1.30. The summed E-state index contributed by atoms with van der Waals surface area (Å²) in [6.45, 7) is 0. The minimum Gasteiger partial charge on any atom is -0.480 e. The van der Waals surface area contributed by atoms with Gasteiger partial charge in [0.1, 0.15) is 0 Å². The number of aliphatic carboxylic acids is 1. The minimum absolute atomic E-state index is 0.0469. The lowest BCUT2D eigenvalue weighted by Gasteiger charge is -2.36. The van der Waals surface area contributed by atoms with Crippen LogP contribution in [0.1, 0.15) is 64.2 Å². The van der Waals surface area contributed by atoms with E-state index in [1.54, 1.807) is 0 Å². The van der Waals surface area contributed by atoms with E-state index >= 15 is 0 Å². The predicted molar refractivity (Wildman–Crippen MR) is 75.2 cm³/mol. The second-order valence-corrected chi connectivity index (χ2v) is 6.46. The molecule has 4 heteroatoms. The first-order valence-corrected chi connectivity index (χ1v) is 7.93. The maximum atomic E-state index is 12.3. The van der Waals surface area contributed by atoms with Crippen LogP contribution in [-0.2, 0) is 14.3 Å². The van der Waals surface area contributed by atoms with Gasteiger partial charge in [-0.1, -0.05) is 44.9 Å². The summed E-state index contributed by atoms with van der Waals surface area (Å²) in [5.74, 6) is -1.18. The summed E-state index contributed by atoms with van der Waals surface area (Å²) in [7, 11) is 1.32. The smallest absolute Gasteiger partial charge is 0.323 e. The zero-order chi connectivity index (χ0) is 14.6. The standard InChI is InChI=1S/C16H26O4/c1-20-15(19)16(14(17)18,13-9-5-6-10-13)11-12-7-3-2-4-8-12/h12-13H,2-11H2,1H3,(H,17,18). The van der Waals surface area contributed by atoms with Crippen molar-refractivity contribution in [2.75, 3.05) is 7.11 Å². The number of esters is 1. The summed E-state index contributed by atoms with van der Waals surface area (Å²) in [5.41, 5.74) is -1.30. The predicted octanol–water partition coefficient (Wildman–Crippen LogP) is 3.39. The number of carbonyl (C=O) groups is 2. The van der Waals surface area contributed by atoms with Gasteiger partial charge in [0.25, 0.3) is 0 Å². The monoisotopic (exact) mass is 282 g/mol. The highest BCUT2D eigenvalue weighted by Crippen LogP contribution is 2.47. The summed E-state index contributed by atoms with van der Waals surface area (Å²) < 4.78 is 4.91. The molecule has 2 aliphatic carbocycles. The van der Waals surface area contributed by atoms with E-state index in [9.17, 15) is 14.7 Å². The molecular weight excluding hydrogens is 256 g/mol. The van der Waals surface area contributed by atoms with Crippen LogP contribution < -0.4 is 0 Å². The lowest BCUT2D eigenvalue weighted by atomic mass is 9.66. The highest BCUT2D eigenvalue weighted by molar-refractivity contribution is 5.99. The van der Waals surface area contributed by atoms with Crippen LogP contribution in [0.25, 0.3) is 0 Å². The second kappa shape index (κ2) is 6.59. The van der Waals surface area contributed by atoms with Crippen LogP contribution in [-0.4, -0.2) is 24.2 Å². The molecule has 0 aromatic rings. The van der Waals surface area contributed by atoms with Crippen LogP contribution in [0.4, 0.5) is 0 Å². The van der Waals surface area contributed by atoms with Gasteiger partial charge in [-0.2, -0.15) is 0 Å². The topological polar surface area (TPSA) is 63.6 Å². The molecule has 0 bridgehead atoms. The highest BCUT2D eigenvalue weighted by Gasteiger charge is 2.54. The van der Waals surface area contributed by atoms with Crippen LogP contribution >= 0.6 is 0 Å². The van der Waals surface area contributed by atoms with E-state index in [0.717, 1.165) is 51.4 Å². The normalized spacial score (nSPS) is 24.2. The number of methoxy groups -OCH3 is 1. The summed E-state index contributed by atoms with van der Waals surface area (Å²) in [6, 6.07) is 0. The molecule has 0 saturated heterocycles. The molecule has 1 unspecified atom stereocenters. The van der Waals surface area contributed by atoms with Crippen LogP contribution in [0, 0.1) is 17.3 Å². The van der Waals surface area contributed by atoms with Crippen molar-refractivity contribution in [2.24, 2.45) is 17.3 Å². The highest BCUT2D eigenvalue weighted by atomic mass is 16.5. The number of hydrogen-bond donors (Lipinski definition) is 1. The number of carboxylic acid groups (broad SMARTS) is 1. The van der Waals surface area contributed by atoms with Gasteiger partial charge >= 0.3 is 11.9 Å². The maximum absolute atomic E-state index is 12.3. The fourth-order valence-electron chi connectivity index (χ4n) is 4.21. The number of rotatable bonds is 5. The van der Waals surface area contributed by atoms with E-state index in [0.29, 0.717) is 12.3 Å². The van der Waals surface area contributed by atoms with Crippen molar-refractivity contribution in [3.05, 3.63) is 0 Å². The lowest BCUT2D eigenvalue weighted by molar-refractivity contribution is -0.173. The van der Waals surface area contributed by atoms with E-state index in [-0.39, 0.29) is 5.92 Å². The van der Waals surface area contributed by atoms with Gasteiger partial charge in [-0.05, 0) is 31.1 Å². The van der Waals surface area contributed by atoms with Crippen molar-refractivity contribution >= 4 is 11.9 Å². The van der Waals surface area contributed by atoms with E-state index in [1.165, 1.54) is 13.5 Å². The molecule has 0 radical (unpaired) electrons. The number of hydrogen-bond acceptors (Lipinski definition) is 3. The van der Waals surface area contributed by atoms with Gasteiger partial charge in [0, 0.05) is 0 Å². The van der Waals surface area contributed by atoms with E-state index in [4.69, 9.17) is 4.74 Å². The zero-order valence-corrected chi connectivity index (χ0v) is 12.4. The van der Waals surface area contributed by atoms with E-state index in [1.807, 2.05) is 0 Å². The third-order valence-corrected chi connectivity index (χ3v) is 5.32. The molecule has 0 aliphatic heterocycles. The second-order valence-electron chi connectivity index (χ2n) is 6.46. The molecule has 1 atom stereocenters. The number of carboxylic acids is 1. The molecule has 0 amide bonds. The number of carbonyl (C=O) groups excluding carboxylic acids is 1. The Labute approximate surface area is 120 Å². The van der Waals surface area contributed by atoms with Crippen molar-refractivity contribution in [1.29, 1.82) is 0 Å². The molecule has 0 aromatic heterocycles. The Hall–Kier alpha value is -1.06. The van der Waals surface area contributed by atoms with Crippen LogP contribution in [0.2, 0.25) is 0 Å². The maximum Gasteiger partial charge on any atom is 0.323 e. The first-order chi connectivity index (χ1) is 9.61. The zero-order valence-electron chi connectivity index (χ0n) is 12.4. The first kappa shape index (κ1) is 15.3.